The third-order valence-corrected chi connectivity index (χ3v) is 6.75. The second-order valence-electron chi connectivity index (χ2n) is 6.58. The molecule has 1 atom stereocenters. The number of likely N-dealkylation sites (N-methyl/N-ethyl adjacent to an activating group) is 1. The molecular weight excluding hydrogens is 358 g/mol. The van der Waals surface area contributed by atoms with Gasteiger partial charge in [-0.15, -0.1) is 0 Å². The van der Waals surface area contributed by atoms with E-state index in [1.165, 1.54) is 17.0 Å². The Morgan fingerprint density at radius 2 is 2.00 bits per heavy atom. The molecule has 0 aliphatic carbocycles. The Kier molecular flexibility index (Phi) is 5.31. The summed E-state index contributed by atoms with van der Waals surface area (Å²) in [6, 6.07) is 6.01. The van der Waals surface area contributed by atoms with Crippen LogP contribution in [0.1, 0.15) is 16.8 Å². The van der Waals surface area contributed by atoms with Crippen LogP contribution in [0.3, 0.4) is 0 Å². The molecule has 142 valence electrons. The SMILES string of the molecule is CO[C@@H]1CCN(C(=O)c2cccc(S(=O)(=O)N3CCN(C)C(=O)C3)c2)C1. The van der Waals surface area contributed by atoms with Gasteiger partial charge in [-0.2, -0.15) is 4.31 Å². The van der Waals surface area contributed by atoms with Crippen molar-refractivity contribution >= 4 is 21.8 Å². The molecule has 0 bridgehead atoms. The first-order chi connectivity index (χ1) is 12.3. The van der Waals surface area contributed by atoms with E-state index in [9.17, 15) is 18.0 Å². The van der Waals surface area contributed by atoms with Crippen LogP contribution >= 0.6 is 0 Å². The van der Waals surface area contributed by atoms with Crippen molar-refractivity contribution in [2.45, 2.75) is 17.4 Å². The summed E-state index contributed by atoms with van der Waals surface area (Å²) in [4.78, 5) is 27.7. The van der Waals surface area contributed by atoms with Crippen molar-refractivity contribution in [3.05, 3.63) is 29.8 Å². The van der Waals surface area contributed by atoms with Gasteiger partial charge >= 0.3 is 0 Å². The summed E-state index contributed by atoms with van der Waals surface area (Å²) in [6.07, 6.45) is 0.783. The summed E-state index contributed by atoms with van der Waals surface area (Å²) >= 11 is 0. The molecular formula is C17H23N3O5S. The molecule has 0 N–H and O–H groups in total. The molecule has 0 spiro atoms. The lowest BCUT2D eigenvalue weighted by atomic mass is 10.2. The van der Waals surface area contributed by atoms with E-state index in [2.05, 4.69) is 0 Å². The fraction of sp³-hybridized carbons (Fsp3) is 0.529. The van der Waals surface area contributed by atoms with E-state index >= 15 is 0 Å². The standard InChI is InChI=1S/C17H23N3O5S/c1-18-8-9-20(12-16(18)21)26(23,24)15-5-3-4-13(10-15)17(22)19-7-6-14(11-19)25-2/h3-5,10,14H,6-9,11-12H2,1-2H3/t14-/m1/s1. The van der Waals surface area contributed by atoms with Crippen LogP contribution in [0.4, 0.5) is 0 Å². The first-order valence-electron chi connectivity index (χ1n) is 8.49. The first kappa shape index (κ1) is 18.8. The molecule has 2 saturated heterocycles. The molecule has 2 heterocycles. The summed E-state index contributed by atoms with van der Waals surface area (Å²) in [6.45, 7) is 1.49. The van der Waals surface area contributed by atoms with Gasteiger partial charge in [-0.05, 0) is 24.6 Å². The molecule has 1 aromatic rings. The Labute approximate surface area is 153 Å². The number of hydrogen-bond acceptors (Lipinski definition) is 5. The first-order valence-corrected chi connectivity index (χ1v) is 9.93. The maximum atomic E-state index is 12.8. The zero-order valence-electron chi connectivity index (χ0n) is 14.9. The van der Waals surface area contributed by atoms with E-state index < -0.39 is 10.0 Å². The Bertz CT molecular complexity index is 810. The number of likely N-dealkylation sites (tertiary alicyclic amines) is 1. The Balaban J connectivity index is 1.80. The minimum atomic E-state index is -3.82. The lowest BCUT2D eigenvalue weighted by Crippen LogP contribution is -2.50. The largest absolute Gasteiger partial charge is 0.380 e. The van der Waals surface area contributed by atoms with Gasteiger partial charge < -0.3 is 14.5 Å². The number of sulfonamides is 1. The van der Waals surface area contributed by atoms with Crippen molar-refractivity contribution < 1.29 is 22.7 Å². The average Bonchev–Trinajstić information content (AvgIpc) is 3.12. The Hall–Kier alpha value is -1.97. The van der Waals surface area contributed by atoms with Crippen molar-refractivity contribution in [3.63, 3.8) is 0 Å². The molecule has 0 radical (unpaired) electrons. The van der Waals surface area contributed by atoms with Crippen LogP contribution in [0.5, 0.6) is 0 Å². The number of benzene rings is 1. The summed E-state index contributed by atoms with van der Waals surface area (Å²) in [7, 11) is -0.561. The number of ether oxygens (including phenoxy) is 1. The second kappa shape index (κ2) is 7.34. The molecule has 0 aromatic heterocycles. The molecule has 2 aliphatic heterocycles. The zero-order valence-corrected chi connectivity index (χ0v) is 15.7. The van der Waals surface area contributed by atoms with E-state index in [0.717, 1.165) is 10.7 Å². The van der Waals surface area contributed by atoms with Gasteiger partial charge in [0.05, 0.1) is 17.5 Å². The van der Waals surface area contributed by atoms with Crippen molar-refractivity contribution in [1.82, 2.24) is 14.1 Å². The monoisotopic (exact) mass is 381 g/mol. The van der Waals surface area contributed by atoms with Crippen molar-refractivity contribution in [3.8, 4) is 0 Å². The third-order valence-electron chi connectivity index (χ3n) is 4.91. The molecule has 0 unspecified atom stereocenters. The summed E-state index contributed by atoms with van der Waals surface area (Å²) < 4.78 is 32.1. The molecule has 2 fully saturated rings. The molecule has 8 nitrogen and oxygen atoms in total. The predicted molar refractivity (Wildman–Crippen MR) is 94.2 cm³/mol. The number of piperazine rings is 1. The zero-order chi connectivity index (χ0) is 18.9. The molecule has 2 amide bonds. The van der Waals surface area contributed by atoms with Crippen LogP contribution in [-0.2, 0) is 19.6 Å². The van der Waals surface area contributed by atoms with Crippen LogP contribution in [-0.4, -0.2) is 87.3 Å². The normalized spacial score (nSPS) is 22.1. The highest BCUT2D eigenvalue weighted by Crippen LogP contribution is 2.21. The molecule has 1 aromatic carbocycles. The second-order valence-corrected chi connectivity index (χ2v) is 8.52. The number of amides is 2. The number of nitrogens with zero attached hydrogens (tertiary/aromatic N) is 3. The topological polar surface area (TPSA) is 87.2 Å². The molecule has 3 rings (SSSR count). The lowest BCUT2D eigenvalue weighted by molar-refractivity contribution is -0.132. The minimum absolute atomic E-state index is 0.0159. The van der Waals surface area contributed by atoms with Gasteiger partial charge in [-0.1, -0.05) is 6.07 Å². The number of hydrogen-bond donors (Lipinski definition) is 0. The molecule has 9 heteroatoms. The summed E-state index contributed by atoms with van der Waals surface area (Å²) in [5.74, 6) is -0.453. The Morgan fingerprint density at radius 3 is 2.65 bits per heavy atom. The fourth-order valence-corrected chi connectivity index (χ4v) is 4.60. The van der Waals surface area contributed by atoms with Gasteiger partial charge in [0.2, 0.25) is 15.9 Å². The quantitative estimate of drug-likeness (QED) is 0.733. The number of methoxy groups -OCH3 is 1. The molecule has 0 saturated carbocycles. The van der Waals surface area contributed by atoms with Crippen LogP contribution in [0.25, 0.3) is 0 Å². The van der Waals surface area contributed by atoms with Crippen LogP contribution in [0.15, 0.2) is 29.2 Å². The maximum absolute atomic E-state index is 12.8. The van der Waals surface area contributed by atoms with Gasteiger partial charge in [-0.3, -0.25) is 9.59 Å². The number of rotatable bonds is 4. The van der Waals surface area contributed by atoms with E-state index in [0.29, 0.717) is 25.2 Å². The summed E-state index contributed by atoms with van der Waals surface area (Å²) in [5.41, 5.74) is 0.322. The van der Waals surface area contributed by atoms with E-state index in [1.54, 1.807) is 31.2 Å². The van der Waals surface area contributed by atoms with E-state index in [-0.39, 0.29) is 35.9 Å². The maximum Gasteiger partial charge on any atom is 0.253 e. The van der Waals surface area contributed by atoms with Crippen molar-refractivity contribution in [1.29, 1.82) is 0 Å². The van der Waals surface area contributed by atoms with Gasteiger partial charge in [0, 0.05) is 45.9 Å². The van der Waals surface area contributed by atoms with Gasteiger partial charge in [0.25, 0.3) is 5.91 Å². The smallest absolute Gasteiger partial charge is 0.253 e. The van der Waals surface area contributed by atoms with E-state index in [4.69, 9.17) is 4.74 Å². The van der Waals surface area contributed by atoms with Gasteiger partial charge in [0.1, 0.15) is 0 Å². The predicted octanol–water partition coefficient (Wildman–Crippen LogP) is 0.0102. The van der Waals surface area contributed by atoms with Crippen LogP contribution in [0, 0.1) is 0 Å². The highest BCUT2D eigenvalue weighted by molar-refractivity contribution is 7.89. The van der Waals surface area contributed by atoms with Gasteiger partial charge in [-0.25, -0.2) is 8.42 Å². The highest BCUT2D eigenvalue weighted by atomic mass is 32.2. The number of carbonyl (C=O) groups excluding carboxylic acids is 2. The van der Waals surface area contributed by atoms with Crippen molar-refractivity contribution in [2.24, 2.45) is 0 Å². The summed E-state index contributed by atoms with van der Waals surface area (Å²) in [5, 5.41) is 0. The average molecular weight is 381 g/mol. The third kappa shape index (κ3) is 3.60. The lowest BCUT2D eigenvalue weighted by Gasteiger charge is -2.31. The fourth-order valence-electron chi connectivity index (χ4n) is 3.17. The molecule has 26 heavy (non-hydrogen) atoms. The van der Waals surface area contributed by atoms with Crippen LogP contribution in [0.2, 0.25) is 0 Å². The minimum Gasteiger partial charge on any atom is -0.380 e. The van der Waals surface area contributed by atoms with Crippen molar-refractivity contribution in [2.75, 3.05) is 46.9 Å². The van der Waals surface area contributed by atoms with Gasteiger partial charge in [0.15, 0.2) is 0 Å². The Morgan fingerprint density at radius 1 is 1.23 bits per heavy atom. The van der Waals surface area contributed by atoms with Crippen LogP contribution < -0.4 is 0 Å². The highest BCUT2D eigenvalue weighted by Gasteiger charge is 2.32. The van der Waals surface area contributed by atoms with E-state index in [1.807, 2.05) is 0 Å². The number of carbonyl (C=O) groups is 2. The molecule has 2 aliphatic rings.